The van der Waals surface area contributed by atoms with Crippen molar-refractivity contribution in [3.8, 4) is 11.8 Å². The van der Waals surface area contributed by atoms with Crippen molar-refractivity contribution in [1.82, 2.24) is 0 Å². The lowest BCUT2D eigenvalue weighted by Crippen LogP contribution is -2.29. The molecule has 0 N–H and O–H groups in total. The average Bonchev–Trinajstić information content (AvgIpc) is 2.49. The minimum atomic E-state index is -0.411. The molecule has 1 aliphatic carbocycles. The first kappa shape index (κ1) is 14.8. The molecule has 108 valence electrons. The van der Waals surface area contributed by atoms with E-state index in [1.165, 1.54) is 13.5 Å². The molecular formula is C17H22FNO. The molecule has 2 unspecified atom stereocenters. The van der Waals surface area contributed by atoms with Crippen LogP contribution in [0.5, 0.6) is 5.75 Å². The summed E-state index contributed by atoms with van der Waals surface area (Å²) in [4.78, 5) is 0. The van der Waals surface area contributed by atoms with Crippen LogP contribution in [0.25, 0.3) is 0 Å². The fraction of sp³-hybridized carbons (Fsp3) is 0.588. The number of hydrogen-bond donors (Lipinski definition) is 0. The van der Waals surface area contributed by atoms with E-state index in [0.717, 1.165) is 25.7 Å². The Bertz CT molecular complexity index is 508. The van der Waals surface area contributed by atoms with E-state index in [-0.39, 0.29) is 11.6 Å². The average molecular weight is 275 g/mol. The Hall–Kier alpha value is -1.56. The molecule has 0 spiro atoms. The third kappa shape index (κ3) is 2.95. The zero-order chi connectivity index (χ0) is 14.6. The highest BCUT2D eigenvalue weighted by atomic mass is 19.1. The molecule has 0 amide bonds. The summed E-state index contributed by atoms with van der Waals surface area (Å²) in [7, 11) is 1.47. The van der Waals surface area contributed by atoms with Gasteiger partial charge in [0.15, 0.2) is 11.6 Å². The normalized spacial score (nSPS) is 26.0. The lowest BCUT2D eigenvalue weighted by molar-refractivity contribution is 0.192. The predicted molar refractivity (Wildman–Crippen MR) is 77.0 cm³/mol. The van der Waals surface area contributed by atoms with E-state index in [1.807, 2.05) is 0 Å². The summed E-state index contributed by atoms with van der Waals surface area (Å²) in [5, 5.41) is 9.63. The molecule has 20 heavy (non-hydrogen) atoms. The molecule has 2 nitrogen and oxygen atoms in total. The van der Waals surface area contributed by atoms with Gasteiger partial charge in [0.25, 0.3) is 0 Å². The zero-order valence-electron chi connectivity index (χ0n) is 12.3. The summed E-state index contributed by atoms with van der Waals surface area (Å²) in [5.74, 6) is 0.541. The first-order valence-electron chi connectivity index (χ1n) is 7.37. The van der Waals surface area contributed by atoms with E-state index >= 15 is 0 Å². The van der Waals surface area contributed by atoms with Crippen LogP contribution in [0.4, 0.5) is 4.39 Å². The van der Waals surface area contributed by atoms with E-state index in [0.29, 0.717) is 17.9 Å². The summed E-state index contributed by atoms with van der Waals surface area (Å²) in [6.45, 7) is 2.17. The van der Waals surface area contributed by atoms with Gasteiger partial charge >= 0.3 is 0 Å². The van der Waals surface area contributed by atoms with Crippen LogP contribution < -0.4 is 4.74 Å². The van der Waals surface area contributed by atoms with Crippen molar-refractivity contribution in [1.29, 1.82) is 5.26 Å². The molecule has 0 saturated heterocycles. The van der Waals surface area contributed by atoms with E-state index in [9.17, 15) is 9.65 Å². The molecule has 0 aliphatic heterocycles. The Balaban J connectivity index is 2.24. The van der Waals surface area contributed by atoms with Crippen molar-refractivity contribution in [3.05, 3.63) is 29.6 Å². The van der Waals surface area contributed by atoms with Gasteiger partial charge in [-0.15, -0.1) is 0 Å². The minimum absolute atomic E-state index is 0.262. The molecule has 1 saturated carbocycles. The van der Waals surface area contributed by atoms with E-state index in [2.05, 4.69) is 13.0 Å². The largest absolute Gasteiger partial charge is 0.494 e. The molecule has 2 atom stereocenters. The molecule has 1 aromatic rings. The number of ether oxygens (including phenoxy) is 1. The summed E-state index contributed by atoms with van der Waals surface area (Å²) in [5.41, 5.74) is 0.189. The Labute approximate surface area is 120 Å². The van der Waals surface area contributed by atoms with Gasteiger partial charge in [-0.2, -0.15) is 5.26 Å². The van der Waals surface area contributed by atoms with Crippen molar-refractivity contribution in [2.24, 2.45) is 11.3 Å². The number of halogens is 1. The molecular weight excluding hydrogens is 253 g/mol. The number of nitriles is 1. The minimum Gasteiger partial charge on any atom is -0.494 e. The van der Waals surface area contributed by atoms with Crippen LogP contribution in [-0.2, 0) is 6.42 Å². The summed E-state index contributed by atoms with van der Waals surface area (Å²) in [6, 6.07) is 7.67. The maximum Gasteiger partial charge on any atom is 0.168 e. The number of rotatable bonds is 4. The molecule has 3 heteroatoms. The third-order valence-corrected chi connectivity index (χ3v) is 4.55. The smallest absolute Gasteiger partial charge is 0.168 e. The van der Waals surface area contributed by atoms with Gasteiger partial charge in [0.05, 0.1) is 18.6 Å². The van der Waals surface area contributed by atoms with E-state index < -0.39 is 5.41 Å². The third-order valence-electron chi connectivity index (χ3n) is 4.55. The van der Waals surface area contributed by atoms with Gasteiger partial charge in [-0.05, 0) is 36.8 Å². The highest BCUT2D eigenvalue weighted by Crippen LogP contribution is 2.43. The van der Waals surface area contributed by atoms with Crippen LogP contribution in [0.15, 0.2) is 18.2 Å². The Morgan fingerprint density at radius 1 is 1.50 bits per heavy atom. The van der Waals surface area contributed by atoms with Crippen molar-refractivity contribution < 1.29 is 9.13 Å². The van der Waals surface area contributed by atoms with Crippen molar-refractivity contribution in [3.63, 3.8) is 0 Å². The van der Waals surface area contributed by atoms with Gasteiger partial charge in [0, 0.05) is 0 Å². The Morgan fingerprint density at radius 3 is 2.95 bits per heavy atom. The molecule has 1 aliphatic rings. The zero-order valence-corrected chi connectivity index (χ0v) is 12.3. The van der Waals surface area contributed by atoms with E-state index in [4.69, 9.17) is 4.74 Å². The van der Waals surface area contributed by atoms with Gasteiger partial charge in [0.1, 0.15) is 0 Å². The highest BCUT2D eigenvalue weighted by molar-refractivity contribution is 5.32. The van der Waals surface area contributed by atoms with Crippen LogP contribution >= 0.6 is 0 Å². The fourth-order valence-corrected chi connectivity index (χ4v) is 3.35. The van der Waals surface area contributed by atoms with Crippen LogP contribution in [0.1, 0.15) is 44.6 Å². The lowest BCUT2D eigenvalue weighted by atomic mass is 9.67. The molecule has 1 fully saturated rings. The van der Waals surface area contributed by atoms with Crippen LogP contribution in [0.2, 0.25) is 0 Å². The fourth-order valence-electron chi connectivity index (χ4n) is 3.35. The molecule has 0 heterocycles. The second-order valence-electron chi connectivity index (χ2n) is 5.87. The van der Waals surface area contributed by atoms with Crippen LogP contribution in [0.3, 0.4) is 0 Å². The lowest BCUT2D eigenvalue weighted by Gasteiger charge is -2.35. The summed E-state index contributed by atoms with van der Waals surface area (Å²) in [6.07, 6.45) is 5.61. The van der Waals surface area contributed by atoms with Crippen molar-refractivity contribution in [2.75, 3.05) is 7.11 Å². The molecule has 0 aromatic heterocycles. The van der Waals surface area contributed by atoms with Crippen LogP contribution in [-0.4, -0.2) is 7.11 Å². The quantitative estimate of drug-likeness (QED) is 0.811. The second-order valence-corrected chi connectivity index (χ2v) is 5.87. The maximum atomic E-state index is 14.3. The number of methoxy groups -OCH3 is 1. The SMILES string of the molecule is CCC1CCCC(C#N)(Cc2cccc(OC)c2F)C1. The Morgan fingerprint density at radius 2 is 2.30 bits per heavy atom. The van der Waals surface area contributed by atoms with Gasteiger partial charge in [0.2, 0.25) is 0 Å². The van der Waals surface area contributed by atoms with Gasteiger partial charge in [-0.1, -0.05) is 38.3 Å². The summed E-state index contributed by atoms with van der Waals surface area (Å²) < 4.78 is 19.3. The number of nitrogens with zero attached hydrogens (tertiary/aromatic N) is 1. The second kappa shape index (κ2) is 6.26. The topological polar surface area (TPSA) is 33.0 Å². The Kier molecular flexibility index (Phi) is 4.65. The molecule has 1 aromatic carbocycles. The summed E-state index contributed by atoms with van der Waals surface area (Å²) >= 11 is 0. The first-order chi connectivity index (χ1) is 9.64. The first-order valence-corrected chi connectivity index (χ1v) is 7.37. The van der Waals surface area contributed by atoms with E-state index in [1.54, 1.807) is 18.2 Å². The number of benzene rings is 1. The van der Waals surface area contributed by atoms with Crippen LogP contribution in [0, 0.1) is 28.5 Å². The van der Waals surface area contributed by atoms with Crippen molar-refractivity contribution >= 4 is 0 Å². The number of hydrogen-bond acceptors (Lipinski definition) is 2. The van der Waals surface area contributed by atoms with Crippen molar-refractivity contribution in [2.45, 2.75) is 45.4 Å². The standard InChI is InChI=1S/C17H22FNO/c1-3-13-6-5-9-17(10-13,12-19)11-14-7-4-8-15(20-2)16(14)18/h4,7-8,13H,3,5-6,9-11H2,1-2H3. The maximum absolute atomic E-state index is 14.3. The van der Waals surface area contributed by atoms with Gasteiger partial charge < -0.3 is 4.74 Å². The molecule has 2 rings (SSSR count). The highest BCUT2D eigenvalue weighted by Gasteiger charge is 2.37. The van der Waals surface area contributed by atoms with Gasteiger partial charge in [-0.3, -0.25) is 0 Å². The monoisotopic (exact) mass is 275 g/mol. The molecule has 0 radical (unpaired) electrons. The molecule has 0 bridgehead atoms. The van der Waals surface area contributed by atoms with Gasteiger partial charge in [-0.25, -0.2) is 4.39 Å². The predicted octanol–water partition coefficient (Wildman–Crippen LogP) is 4.49.